The first-order valence-corrected chi connectivity index (χ1v) is 6.87. The van der Waals surface area contributed by atoms with Gasteiger partial charge < -0.3 is 10.0 Å². The maximum atomic E-state index is 12.5. The molecular weight excluding hydrogens is 288 g/mol. The summed E-state index contributed by atoms with van der Waals surface area (Å²) in [5.74, 6) is -0.486. The number of rotatable bonds is 5. The molecule has 2 aromatic rings. The number of thiophene rings is 1. The van der Waals surface area contributed by atoms with Crippen molar-refractivity contribution in [2.75, 3.05) is 19.7 Å². The number of halogens is 2. The van der Waals surface area contributed by atoms with Crippen LogP contribution < -0.4 is 0 Å². The van der Waals surface area contributed by atoms with Crippen LogP contribution in [0, 0.1) is 6.92 Å². The SMILES string of the molecule is Cc1nn(C)c2sc(C(=O)N(CCO)CC(F)F)cc12. The fourth-order valence-electron chi connectivity index (χ4n) is 2.03. The molecule has 0 unspecified atom stereocenters. The number of fused-ring (bicyclic) bond motifs is 1. The molecule has 0 aliphatic rings. The lowest BCUT2D eigenvalue weighted by Gasteiger charge is -2.20. The predicted molar refractivity (Wildman–Crippen MR) is 72.3 cm³/mol. The van der Waals surface area contributed by atoms with Crippen molar-refractivity contribution >= 4 is 27.5 Å². The summed E-state index contributed by atoms with van der Waals surface area (Å²) < 4.78 is 26.6. The fourth-order valence-corrected chi connectivity index (χ4v) is 3.12. The van der Waals surface area contributed by atoms with Crippen molar-refractivity contribution in [3.05, 3.63) is 16.6 Å². The van der Waals surface area contributed by atoms with E-state index in [9.17, 15) is 13.6 Å². The number of aliphatic hydroxyl groups excluding tert-OH is 1. The number of hydrogen-bond acceptors (Lipinski definition) is 4. The van der Waals surface area contributed by atoms with Crippen molar-refractivity contribution in [3.8, 4) is 0 Å². The molecule has 1 N–H and O–H groups in total. The van der Waals surface area contributed by atoms with Gasteiger partial charge in [0.1, 0.15) is 4.83 Å². The first-order chi connectivity index (χ1) is 9.43. The second-order valence-corrected chi connectivity index (χ2v) is 5.44. The van der Waals surface area contributed by atoms with E-state index < -0.39 is 18.9 Å². The summed E-state index contributed by atoms with van der Waals surface area (Å²) in [5, 5.41) is 14.0. The minimum Gasteiger partial charge on any atom is -0.395 e. The average molecular weight is 303 g/mol. The zero-order chi connectivity index (χ0) is 14.9. The van der Waals surface area contributed by atoms with Crippen LogP contribution in [0.15, 0.2) is 6.07 Å². The lowest BCUT2D eigenvalue weighted by atomic mass is 10.3. The van der Waals surface area contributed by atoms with Gasteiger partial charge in [0.25, 0.3) is 12.3 Å². The normalized spacial score (nSPS) is 11.5. The second kappa shape index (κ2) is 5.84. The summed E-state index contributed by atoms with van der Waals surface area (Å²) in [7, 11) is 1.77. The van der Waals surface area contributed by atoms with E-state index in [1.165, 1.54) is 11.3 Å². The van der Waals surface area contributed by atoms with Crippen molar-refractivity contribution in [3.63, 3.8) is 0 Å². The molecule has 2 heterocycles. The summed E-state index contributed by atoms with van der Waals surface area (Å²) in [6.45, 7) is 0.706. The second-order valence-electron chi connectivity index (χ2n) is 4.40. The number of aromatic nitrogens is 2. The van der Waals surface area contributed by atoms with E-state index in [1.807, 2.05) is 6.92 Å². The largest absolute Gasteiger partial charge is 0.395 e. The topological polar surface area (TPSA) is 58.4 Å². The standard InChI is InChI=1S/C12H15F2N3O2S/c1-7-8-5-9(20-12(8)16(2)15-7)11(19)17(3-4-18)6-10(13)14/h5,10,18H,3-4,6H2,1-2H3. The van der Waals surface area contributed by atoms with E-state index in [-0.39, 0.29) is 13.2 Å². The Morgan fingerprint density at radius 3 is 2.85 bits per heavy atom. The highest BCUT2D eigenvalue weighted by Gasteiger charge is 2.22. The van der Waals surface area contributed by atoms with Crippen LogP contribution in [0.1, 0.15) is 15.4 Å². The summed E-state index contributed by atoms with van der Waals surface area (Å²) in [5.41, 5.74) is 0.792. The van der Waals surface area contributed by atoms with E-state index >= 15 is 0 Å². The molecule has 20 heavy (non-hydrogen) atoms. The van der Waals surface area contributed by atoms with Gasteiger partial charge in [-0.1, -0.05) is 0 Å². The van der Waals surface area contributed by atoms with Gasteiger partial charge >= 0.3 is 0 Å². The number of aryl methyl sites for hydroxylation is 2. The third-order valence-corrected chi connectivity index (χ3v) is 4.11. The average Bonchev–Trinajstić information content (AvgIpc) is 2.90. The van der Waals surface area contributed by atoms with Crippen LogP contribution in [-0.2, 0) is 7.05 Å². The van der Waals surface area contributed by atoms with Gasteiger partial charge in [0.05, 0.1) is 23.7 Å². The molecule has 0 fully saturated rings. The Bertz CT molecular complexity index is 589. The van der Waals surface area contributed by atoms with E-state index in [2.05, 4.69) is 5.10 Å². The van der Waals surface area contributed by atoms with Gasteiger partial charge in [0.15, 0.2) is 0 Å². The maximum Gasteiger partial charge on any atom is 0.264 e. The lowest BCUT2D eigenvalue weighted by molar-refractivity contribution is 0.0513. The van der Waals surface area contributed by atoms with Gasteiger partial charge in [0, 0.05) is 19.0 Å². The van der Waals surface area contributed by atoms with E-state index in [0.29, 0.717) is 4.88 Å². The Balaban J connectivity index is 2.30. The van der Waals surface area contributed by atoms with Crippen LogP contribution >= 0.6 is 11.3 Å². The van der Waals surface area contributed by atoms with Gasteiger partial charge in [0.2, 0.25) is 0 Å². The third kappa shape index (κ3) is 2.80. The molecule has 1 amide bonds. The van der Waals surface area contributed by atoms with Crippen molar-refractivity contribution in [2.24, 2.45) is 7.05 Å². The van der Waals surface area contributed by atoms with Crippen molar-refractivity contribution in [1.29, 1.82) is 0 Å². The maximum absolute atomic E-state index is 12.5. The predicted octanol–water partition coefficient (Wildman–Crippen LogP) is 1.64. The first kappa shape index (κ1) is 14.9. The lowest BCUT2D eigenvalue weighted by Crippen LogP contribution is -2.36. The van der Waals surface area contributed by atoms with Crippen LogP contribution in [0.4, 0.5) is 8.78 Å². The molecule has 0 radical (unpaired) electrons. The van der Waals surface area contributed by atoms with Crippen LogP contribution in [0.5, 0.6) is 0 Å². The quantitative estimate of drug-likeness (QED) is 0.913. The molecule has 0 atom stereocenters. The number of nitrogens with zero attached hydrogens (tertiary/aromatic N) is 3. The van der Waals surface area contributed by atoms with Crippen molar-refractivity contribution < 1.29 is 18.7 Å². The van der Waals surface area contributed by atoms with E-state index in [1.54, 1.807) is 17.8 Å². The molecule has 2 rings (SSSR count). The minimum atomic E-state index is -2.62. The zero-order valence-electron chi connectivity index (χ0n) is 11.1. The minimum absolute atomic E-state index is 0.103. The highest BCUT2D eigenvalue weighted by Crippen LogP contribution is 2.28. The number of hydrogen-bond donors (Lipinski definition) is 1. The number of carbonyl (C=O) groups excluding carboxylic acids is 1. The van der Waals surface area contributed by atoms with Gasteiger partial charge in [-0.15, -0.1) is 11.3 Å². The number of aliphatic hydroxyl groups is 1. The van der Waals surface area contributed by atoms with E-state index in [0.717, 1.165) is 20.8 Å². The Morgan fingerprint density at radius 2 is 2.30 bits per heavy atom. The van der Waals surface area contributed by atoms with Crippen LogP contribution in [-0.4, -0.2) is 51.8 Å². The molecule has 5 nitrogen and oxygen atoms in total. The molecule has 0 aliphatic carbocycles. The summed E-state index contributed by atoms with van der Waals surface area (Å²) in [4.78, 5) is 14.4. The molecule has 0 spiro atoms. The zero-order valence-corrected chi connectivity index (χ0v) is 12.0. The van der Waals surface area contributed by atoms with Crippen LogP contribution in [0.3, 0.4) is 0 Å². The Labute approximate surface area is 118 Å². The number of carbonyl (C=O) groups is 1. The molecule has 8 heteroatoms. The number of alkyl halides is 2. The van der Waals surface area contributed by atoms with Crippen molar-refractivity contribution in [1.82, 2.24) is 14.7 Å². The molecule has 0 saturated heterocycles. The van der Waals surface area contributed by atoms with Gasteiger partial charge in [-0.3, -0.25) is 9.48 Å². The Hall–Kier alpha value is -1.54. The van der Waals surface area contributed by atoms with Gasteiger partial charge in [-0.05, 0) is 13.0 Å². The highest BCUT2D eigenvalue weighted by atomic mass is 32.1. The van der Waals surface area contributed by atoms with Crippen LogP contribution in [0.25, 0.3) is 10.2 Å². The molecular formula is C12H15F2N3O2S. The Morgan fingerprint density at radius 1 is 1.60 bits per heavy atom. The summed E-state index contributed by atoms with van der Waals surface area (Å²) >= 11 is 1.22. The molecule has 0 aliphatic heterocycles. The molecule has 0 bridgehead atoms. The van der Waals surface area contributed by atoms with Gasteiger partial charge in [-0.25, -0.2) is 8.78 Å². The fraction of sp³-hybridized carbons (Fsp3) is 0.500. The highest BCUT2D eigenvalue weighted by molar-refractivity contribution is 7.20. The molecule has 2 aromatic heterocycles. The Kier molecular flexibility index (Phi) is 4.34. The molecule has 110 valence electrons. The van der Waals surface area contributed by atoms with Gasteiger partial charge in [-0.2, -0.15) is 5.10 Å². The van der Waals surface area contributed by atoms with Crippen LogP contribution in [0.2, 0.25) is 0 Å². The first-order valence-electron chi connectivity index (χ1n) is 6.05. The van der Waals surface area contributed by atoms with E-state index in [4.69, 9.17) is 5.11 Å². The molecule has 0 saturated carbocycles. The molecule has 0 aromatic carbocycles. The van der Waals surface area contributed by atoms with Crippen molar-refractivity contribution in [2.45, 2.75) is 13.3 Å². The third-order valence-electron chi connectivity index (χ3n) is 2.92. The summed E-state index contributed by atoms with van der Waals surface area (Å²) in [6.07, 6.45) is -2.62. The summed E-state index contributed by atoms with van der Waals surface area (Å²) in [6, 6.07) is 1.67. The smallest absolute Gasteiger partial charge is 0.264 e. The number of amides is 1. The monoisotopic (exact) mass is 303 g/mol.